The standard InChI is InChI=1S/C12H25NO/c1-12(2,3)11(14-4)7-10-13-8-5-6-9-13/h11H,5-10H2,1-4H3/t11-/m1/s1. The van der Waals surface area contributed by atoms with Gasteiger partial charge in [0, 0.05) is 13.7 Å². The highest BCUT2D eigenvalue weighted by atomic mass is 16.5. The highest BCUT2D eigenvalue weighted by molar-refractivity contribution is 4.76. The molecule has 1 fully saturated rings. The Morgan fingerprint density at radius 1 is 1.21 bits per heavy atom. The first-order valence-corrected chi connectivity index (χ1v) is 5.79. The maximum atomic E-state index is 5.55. The Morgan fingerprint density at radius 3 is 2.21 bits per heavy atom. The van der Waals surface area contributed by atoms with Crippen molar-refractivity contribution in [1.82, 2.24) is 4.90 Å². The fourth-order valence-corrected chi connectivity index (χ4v) is 2.21. The van der Waals surface area contributed by atoms with Crippen LogP contribution in [0.1, 0.15) is 40.0 Å². The Labute approximate surface area is 88.6 Å². The lowest BCUT2D eigenvalue weighted by Gasteiger charge is -2.30. The summed E-state index contributed by atoms with van der Waals surface area (Å²) >= 11 is 0. The number of nitrogens with zero attached hydrogens (tertiary/aromatic N) is 1. The van der Waals surface area contributed by atoms with Gasteiger partial charge in [0.2, 0.25) is 0 Å². The van der Waals surface area contributed by atoms with Gasteiger partial charge in [-0.05, 0) is 37.8 Å². The molecule has 84 valence electrons. The van der Waals surface area contributed by atoms with E-state index in [1.165, 1.54) is 38.9 Å². The molecule has 0 aromatic heterocycles. The van der Waals surface area contributed by atoms with Crippen LogP contribution in [-0.4, -0.2) is 37.7 Å². The Morgan fingerprint density at radius 2 is 1.79 bits per heavy atom. The number of rotatable bonds is 4. The van der Waals surface area contributed by atoms with E-state index >= 15 is 0 Å². The van der Waals surface area contributed by atoms with E-state index in [4.69, 9.17) is 4.74 Å². The van der Waals surface area contributed by atoms with Crippen LogP contribution in [0.2, 0.25) is 0 Å². The molecule has 1 rings (SSSR count). The zero-order valence-corrected chi connectivity index (χ0v) is 10.2. The normalized spacial score (nSPS) is 21.4. The molecule has 0 saturated carbocycles. The van der Waals surface area contributed by atoms with Crippen molar-refractivity contribution in [2.75, 3.05) is 26.7 Å². The Kier molecular flexibility index (Phi) is 4.39. The molecule has 1 saturated heterocycles. The van der Waals surface area contributed by atoms with Gasteiger partial charge in [-0.3, -0.25) is 0 Å². The molecular formula is C12H25NO. The van der Waals surface area contributed by atoms with Gasteiger partial charge in [-0.1, -0.05) is 20.8 Å². The fourth-order valence-electron chi connectivity index (χ4n) is 2.21. The minimum absolute atomic E-state index is 0.272. The summed E-state index contributed by atoms with van der Waals surface area (Å²) in [6, 6.07) is 0. The minimum Gasteiger partial charge on any atom is -0.381 e. The van der Waals surface area contributed by atoms with E-state index < -0.39 is 0 Å². The Hall–Kier alpha value is -0.0800. The molecule has 2 nitrogen and oxygen atoms in total. The van der Waals surface area contributed by atoms with Crippen molar-refractivity contribution in [2.24, 2.45) is 5.41 Å². The van der Waals surface area contributed by atoms with Crippen molar-refractivity contribution < 1.29 is 4.74 Å². The van der Waals surface area contributed by atoms with Gasteiger partial charge in [-0.15, -0.1) is 0 Å². The summed E-state index contributed by atoms with van der Waals surface area (Å²) in [5.41, 5.74) is 0.272. The lowest BCUT2D eigenvalue weighted by Crippen LogP contribution is -2.33. The van der Waals surface area contributed by atoms with Gasteiger partial charge in [-0.25, -0.2) is 0 Å². The molecule has 0 amide bonds. The topological polar surface area (TPSA) is 12.5 Å². The van der Waals surface area contributed by atoms with Crippen molar-refractivity contribution in [2.45, 2.75) is 46.1 Å². The van der Waals surface area contributed by atoms with Crippen LogP contribution in [-0.2, 0) is 4.74 Å². The van der Waals surface area contributed by atoms with Crippen molar-refractivity contribution in [3.8, 4) is 0 Å². The quantitative estimate of drug-likeness (QED) is 0.690. The number of hydrogen-bond acceptors (Lipinski definition) is 2. The summed E-state index contributed by atoms with van der Waals surface area (Å²) < 4.78 is 5.55. The third-order valence-corrected chi connectivity index (χ3v) is 3.16. The zero-order chi connectivity index (χ0) is 10.6. The molecule has 1 aliphatic heterocycles. The van der Waals surface area contributed by atoms with Crippen LogP contribution in [0, 0.1) is 5.41 Å². The molecule has 0 spiro atoms. The highest BCUT2D eigenvalue weighted by Gasteiger charge is 2.25. The molecule has 0 radical (unpaired) electrons. The van der Waals surface area contributed by atoms with E-state index in [2.05, 4.69) is 25.7 Å². The average Bonchev–Trinajstić information content (AvgIpc) is 2.55. The number of methoxy groups -OCH3 is 1. The van der Waals surface area contributed by atoms with E-state index in [-0.39, 0.29) is 5.41 Å². The molecule has 0 aromatic rings. The molecule has 14 heavy (non-hydrogen) atoms. The van der Waals surface area contributed by atoms with Gasteiger partial charge in [0.15, 0.2) is 0 Å². The van der Waals surface area contributed by atoms with E-state index in [1.807, 2.05) is 7.11 Å². The monoisotopic (exact) mass is 199 g/mol. The van der Waals surface area contributed by atoms with Gasteiger partial charge < -0.3 is 9.64 Å². The fraction of sp³-hybridized carbons (Fsp3) is 1.00. The minimum atomic E-state index is 0.272. The van der Waals surface area contributed by atoms with E-state index in [1.54, 1.807) is 0 Å². The van der Waals surface area contributed by atoms with E-state index in [9.17, 15) is 0 Å². The molecule has 0 bridgehead atoms. The molecule has 0 N–H and O–H groups in total. The van der Waals surface area contributed by atoms with E-state index in [0.717, 1.165) is 0 Å². The van der Waals surface area contributed by atoms with Crippen LogP contribution in [0.5, 0.6) is 0 Å². The molecule has 1 aliphatic rings. The van der Waals surface area contributed by atoms with Crippen LogP contribution < -0.4 is 0 Å². The number of hydrogen-bond donors (Lipinski definition) is 0. The summed E-state index contributed by atoms with van der Waals surface area (Å²) in [5, 5.41) is 0. The molecule has 2 heteroatoms. The summed E-state index contributed by atoms with van der Waals surface area (Å²) in [4.78, 5) is 2.55. The predicted molar refractivity (Wildman–Crippen MR) is 60.5 cm³/mol. The molecule has 0 unspecified atom stereocenters. The van der Waals surface area contributed by atoms with Crippen molar-refractivity contribution >= 4 is 0 Å². The smallest absolute Gasteiger partial charge is 0.0631 e. The third kappa shape index (κ3) is 3.58. The highest BCUT2D eigenvalue weighted by Crippen LogP contribution is 2.24. The Balaban J connectivity index is 2.26. The van der Waals surface area contributed by atoms with Crippen LogP contribution in [0.4, 0.5) is 0 Å². The second kappa shape index (κ2) is 5.13. The summed E-state index contributed by atoms with van der Waals surface area (Å²) in [6.07, 6.45) is 4.32. The largest absolute Gasteiger partial charge is 0.381 e. The lowest BCUT2D eigenvalue weighted by atomic mass is 9.87. The second-order valence-corrected chi connectivity index (χ2v) is 5.43. The lowest BCUT2D eigenvalue weighted by molar-refractivity contribution is 0.00535. The summed E-state index contributed by atoms with van der Waals surface area (Å²) in [6.45, 7) is 10.6. The van der Waals surface area contributed by atoms with Gasteiger partial charge in [0.25, 0.3) is 0 Å². The predicted octanol–water partition coefficient (Wildman–Crippen LogP) is 2.53. The van der Waals surface area contributed by atoms with Gasteiger partial charge >= 0.3 is 0 Å². The number of likely N-dealkylation sites (tertiary alicyclic amines) is 1. The SMILES string of the molecule is CO[C@H](CCN1CCCC1)C(C)(C)C. The summed E-state index contributed by atoms with van der Waals surface area (Å²) in [5.74, 6) is 0. The average molecular weight is 199 g/mol. The third-order valence-electron chi connectivity index (χ3n) is 3.16. The maximum absolute atomic E-state index is 5.55. The van der Waals surface area contributed by atoms with Crippen molar-refractivity contribution in [3.05, 3.63) is 0 Å². The van der Waals surface area contributed by atoms with E-state index in [0.29, 0.717) is 6.10 Å². The molecule has 1 heterocycles. The van der Waals surface area contributed by atoms with Crippen molar-refractivity contribution in [1.29, 1.82) is 0 Å². The van der Waals surface area contributed by atoms with Crippen LogP contribution in [0.3, 0.4) is 0 Å². The van der Waals surface area contributed by atoms with Crippen LogP contribution in [0.25, 0.3) is 0 Å². The first kappa shape index (κ1) is 12.0. The molecule has 0 aromatic carbocycles. The van der Waals surface area contributed by atoms with Crippen molar-refractivity contribution in [3.63, 3.8) is 0 Å². The summed E-state index contributed by atoms with van der Waals surface area (Å²) in [7, 11) is 1.83. The first-order valence-electron chi connectivity index (χ1n) is 5.79. The maximum Gasteiger partial charge on any atom is 0.0631 e. The van der Waals surface area contributed by atoms with Crippen LogP contribution >= 0.6 is 0 Å². The number of ether oxygens (including phenoxy) is 1. The Bertz CT molecular complexity index is 156. The molecular weight excluding hydrogens is 174 g/mol. The first-order chi connectivity index (χ1) is 6.54. The molecule has 1 atom stereocenters. The van der Waals surface area contributed by atoms with Gasteiger partial charge in [-0.2, -0.15) is 0 Å². The second-order valence-electron chi connectivity index (χ2n) is 5.43. The van der Waals surface area contributed by atoms with Gasteiger partial charge in [0.1, 0.15) is 0 Å². The van der Waals surface area contributed by atoms with Crippen LogP contribution in [0.15, 0.2) is 0 Å². The molecule has 0 aliphatic carbocycles. The zero-order valence-electron chi connectivity index (χ0n) is 10.2. The van der Waals surface area contributed by atoms with Gasteiger partial charge in [0.05, 0.1) is 6.10 Å².